The second-order valence-electron chi connectivity index (χ2n) is 8.74. The van der Waals surface area contributed by atoms with Crippen LogP contribution in [0.15, 0.2) is 18.3 Å². The van der Waals surface area contributed by atoms with Gasteiger partial charge >= 0.3 is 12.2 Å². The number of halogens is 3. The van der Waals surface area contributed by atoms with Gasteiger partial charge in [-0.25, -0.2) is 14.7 Å². The Morgan fingerprint density at radius 3 is 2.44 bits per heavy atom. The predicted octanol–water partition coefficient (Wildman–Crippen LogP) is 2.44. The van der Waals surface area contributed by atoms with E-state index in [1.54, 1.807) is 6.92 Å². The summed E-state index contributed by atoms with van der Waals surface area (Å²) in [5.41, 5.74) is -1.65. The van der Waals surface area contributed by atoms with Crippen LogP contribution < -0.4 is 15.5 Å². The number of amides is 4. The molecule has 1 unspecified atom stereocenters. The van der Waals surface area contributed by atoms with Crippen molar-refractivity contribution in [3.05, 3.63) is 23.9 Å². The molecule has 3 heterocycles. The summed E-state index contributed by atoms with van der Waals surface area (Å²) in [7, 11) is 0. The summed E-state index contributed by atoms with van der Waals surface area (Å²) >= 11 is 0. The second kappa shape index (κ2) is 8.25. The largest absolute Gasteiger partial charge is 0.417 e. The van der Waals surface area contributed by atoms with Crippen LogP contribution in [0.25, 0.3) is 0 Å². The Hall–Kier alpha value is -2.85. The maximum atomic E-state index is 12.8. The van der Waals surface area contributed by atoms with Gasteiger partial charge in [0.2, 0.25) is 5.91 Å². The van der Waals surface area contributed by atoms with Gasteiger partial charge in [-0.2, -0.15) is 13.2 Å². The van der Waals surface area contributed by atoms with Crippen molar-refractivity contribution < 1.29 is 27.6 Å². The van der Waals surface area contributed by atoms with Gasteiger partial charge in [-0.15, -0.1) is 0 Å². The molecule has 3 aliphatic rings. The number of carbonyl (C=O) groups is 3. The molecule has 1 aromatic rings. The molecule has 0 bridgehead atoms. The monoisotopic (exact) mass is 453 g/mol. The molecule has 4 rings (SSSR count). The fourth-order valence-electron chi connectivity index (χ4n) is 4.74. The van der Waals surface area contributed by atoms with E-state index in [-0.39, 0.29) is 11.9 Å². The lowest BCUT2D eigenvalue weighted by Gasteiger charge is -2.34. The third-order valence-corrected chi connectivity index (χ3v) is 6.66. The summed E-state index contributed by atoms with van der Waals surface area (Å²) in [6.45, 7) is 2.58. The number of carbonyl (C=O) groups excluding carboxylic acids is 3. The Morgan fingerprint density at radius 1 is 1.22 bits per heavy atom. The number of hydrogen-bond acceptors (Lipinski definition) is 5. The highest BCUT2D eigenvalue weighted by atomic mass is 19.4. The number of nitrogens with one attached hydrogen (secondary N) is 2. The number of urea groups is 1. The molecule has 1 atom stereocenters. The standard InChI is InChI=1S/C21H26F3N5O3/c1-13(29-18(31)20(27-19(29)32)8-2-3-9-20)17(30)26-15-6-10-28(11-7-15)16-5-4-14(12-25-16)21(22,23)24/h4-5,12-13,15H,2-3,6-11H2,1H3,(H,26,30)(H,27,32). The number of imide groups is 1. The molecule has 1 aromatic heterocycles. The number of anilines is 1. The summed E-state index contributed by atoms with van der Waals surface area (Å²) in [6.07, 6.45) is 0.471. The number of alkyl halides is 3. The van der Waals surface area contributed by atoms with Gasteiger partial charge in [0, 0.05) is 25.3 Å². The molecule has 1 saturated carbocycles. The Morgan fingerprint density at radius 2 is 1.88 bits per heavy atom. The van der Waals surface area contributed by atoms with Crippen LogP contribution in [0.5, 0.6) is 0 Å². The van der Waals surface area contributed by atoms with E-state index in [0.29, 0.717) is 44.6 Å². The van der Waals surface area contributed by atoms with Crippen LogP contribution >= 0.6 is 0 Å². The number of rotatable bonds is 4. The first-order valence-corrected chi connectivity index (χ1v) is 10.9. The zero-order chi connectivity index (χ0) is 23.1. The number of piperidine rings is 1. The van der Waals surface area contributed by atoms with Crippen LogP contribution in [0.2, 0.25) is 0 Å². The first kappa shape index (κ1) is 22.3. The number of pyridine rings is 1. The van der Waals surface area contributed by atoms with Gasteiger partial charge in [0.05, 0.1) is 5.56 Å². The van der Waals surface area contributed by atoms with Crippen LogP contribution in [0.1, 0.15) is 51.0 Å². The molecule has 4 amide bonds. The lowest BCUT2D eigenvalue weighted by Crippen LogP contribution is -2.53. The van der Waals surface area contributed by atoms with Gasteiger partial charge in [-0.1, -0.05) is 12.8 Å². The van der Waals surface area contributed by atoms with Crippen LogP contribution in [0, 0.1) is 0 Å². The topological polar surface area (TPSA) is 94.6 Å². The average Bonchev–Trinajstić information content (AvgIpc) is 3.32. The highest BCUT2D eigenvalue weighted by Crippen LogP contribution is 2.36. The van der Waals surface area contributed by atoms with Crippen molar-refractivity contribution in [3.8, 4) is 0 Å². The van der Waals surface area contributed by atoms with Gasteiger partial charge in [0.1, 0.15) is 17.4 Å². The summed E-state index contributed by atoms with van der Waals surface area (Å²) in [5.74, 6) is -0.266. The van der Waals surface area contributed by atoms with Crippen molar-refractivity contribution in [3.63, 3.8) is 0 Å². The smallest absolute Gasteiger partial charge is 0.356 e. The first-order valence-electron chi connectivity index (χ1n) is 10.9. The molecule has 0 aromatic carbocycles. The summed E-state index contributed by atoms with van der Waals surface area (Å²) in [6, 6.07) is 0.754. The van der Waals surface area contributed by atoms with E-state index >= 15 is 0 Å². The second-order valence-corrected chi connectivity index (χ2v) is 8.74. The van der Waals surface area contributed by atoms with Gasteiger partial charge in [0.25, 0.3) is 5.91 Å². The minimum Gasteiger partial charge on any atom is -0.356 e. The fourth-order valence-corrected chi connectivity index (χ4v) is 4.74. The van der Waals surface area contributed by atoms with E-state index in [2.05, 4.69) is 15.6 Å². The van der Waals surface area contributed by atoms with E-state index in [0.717, 1.165) is 30.0 Å². The minimum atomic E-state index is -4.43. The predicted molar refractivity (Wildman–Crippen MR) is 109 cm³/mol. The maximum absolute atomic E-state index is 12.8. The molecule has 1 aliphatic carbocycles. The van der Waals surface area contributed by atoms with Gasteiger partial charge in [-0.3, -0.25) is 9.59 Å². The van der Waals surface area contributed by atoms with Gasteiger partial charge < -0.3 is 15.5 Å². The number of nitrogens with zero attached hydrogens (tertiary/aromatic N) is 3. The molecule has 174 valence electrons. The third kappa shape index (κ3) is 4.12. The van der Waals surface area contributed by atoms with Crippen molar-refractivity contribution in [1.29, 1.82) is 0 Å². The summed E-state index contributed by atoms with van der Waals surface area (Å²) in [4.78, 5) is 44.8. The zero-order valence-corrected chi connectivity index (χ0v) is 17.7. The molecule has 8 nitrogen and oxygen atoms in total. The quantitative estimate of drug-likeness (QED) is 0.683. The summed E-state index contributed by atoms with van der Waals surface area (Å²) < 4.78 is 38.1. The molecule has 2 aliphatic heterocycles. The molecule has 0 radical (unpaired) electrons. The fraction of sp³-hybridized carbons (Fsp3) is 0.619. The van der Waals surface area contributed by atoms with Crippen molar-refractivity contribution in [2.24, 2.45) is 0 Å². The molecule has 2 N–H and O–H groups in total. The van der Waals surface area contributed by atoms with Crippen LogP contribution in [0.4, 0.5) is 23.8 Å². The van der Waals surface area contributed by atoms with E-state index in [9.17, 15) is 27.6 Å². The Labute approximate surface area is 183 Å². The first-order chi connectivity index (χ1) is 15.1. The molecule has 3 fully saturated rings. The lowest BCUT2D eigenvalue weighted by atomic mass is 9.97. The van der Waals surface area contributed by atoms with Crippen molar-refractivity contribution in [2.45, 2.75) is 69.2 Å². The lowest BCUT2D eigenvalue weighted by molar-refractivity contribution is -0.138. The third-order valence-electron chi connectivity index (χ3n) is 6.66. The Bertz CT molecular complexity index is 891. The van der Waals surface area contributed by atoms with E-state index in [1.807, 2.05) is 4.90 Å². The molecule has 2 saturated heterocycles. The Balaban J connectivity index is 1.31. The highest BCUT2D eigenvalue weighted by molar-refractivity contribution is 6.10. The van der Waals surface area contributed by atoms with E-state index in [1.165, 1.54) is 6.07 Å². The highest BCUT2D eigenvalue weighted by Gasteiger charge is 2.54. The Kier molecular flexibility index (Phi) is 5.76. The van der Waals surface area contributed by atoms with Crippen molar-refractivity contribution in [1.82, 2.24) is 20.5 Å². The maximum Gasteiger partial charge on any atom is 0.417 e. The van der Waals surface area contributed by atoms with Gasteiger partial charge in [-0.05, 0) is 44.7 Å². The normalized spacial score (nSPS) is 22.4. The van der Waals surface area contributed by atoms with Crippen LogP contribution in [-0.2, 0) is 15.8 Å². The summed E-state index contributed by atoms with van der Waals surface area (Å²) in [5, 5.41) is 5.69. The SMILES string of the molecule is CC(C(=O)NC1CCN(c2ccc(C(F)(F)F)cn2)CC1)N1C(=O)NC2(CCCC2)C1=O. The molecule has 1 spiro atoms. The average molecular weight is 453 g/mol. The minimum absolute atomic E-state index is 0.156. The molecular formula is C21H26F3N5O3. The molecule has 32 heavy (non-hydrogen) atoms. The van der Waals surface area contributed by atoms with E-state index < -0.39 is 35.3 Å². The van der Waals surface area contributed by atoms with Crippen molar-refractivity contribution >= 4 is 23.7 Å². The van der Waals surface area contributed by atoms with Crippen LogP contribution in [-0.4, -0.2) is 58.4 Å². The zero-order valence-electron chi connectivity index (χ0n) is 17.7. The number of aromatic nitrogens is 1. The van der Waals surface area contributed by atoms with Gasteiger partial charge in [0.15, 0.2) is 0 Å². The molecule has 11 heteroatoms. The molecular weight excluding hydrogens is 427 g/mol. The van der Waals surface area contributed by atoms with Crippen molar-refractivity contribution in [2.75, 3.05) is 18.0 Å². The van der Waals surface area contributed by atoms with Crippen LogP contribution in [0.3, 0.4) is 0 Å². The number of hydrogen-bond donors (Lipinski definition) is 2. The van der Waals surface area contributed by atoms with E-state index in [4.69, 9.17) is 0 Å².